The van der Waals surface area contributed by atoms with Gasteiger partial charge in [-0.1, -0.05) is 0 Å². The second-order valence-electron chi connectivity index (χ2n) is 3.34. The highest BCUT2D eigenvalue weighted by Gasteiger charge is 2.16. The summed E-state index contributed by atoms with van der Waals surface area (Å²) in [5.41, 5.74) is 0.374. The highest BCUT2D eigenvalue weighted by molar-refractivity contribution is 7.10. The molecule has 0 bridgehead atoms. The van der Waals surface area contributed by atoms with Crippen molar-refractivity contribution in [2.75, 3.05) is 0 Å². The van der Waals surface area contributed by atoms with Crippen LogP contribution in [0.25, 0.3) is 0 Å². The zero-order valence-electron chi connectivity index (χ0n) is 8.46. The molecule has 2 aromatic rings. The van der Waals surface area contributed by atoms with Crippen LogP contribution in [0.15, 0.2) is 29.6 Å². The Morgan fingerprint density at radius 3 is 2.50 bits per heavy atom. The molecule has 0 fully saturated rings. The minimum atomic E-state index is -0.824. The minimum Gasteiger partial charge on any atom is -0.288 e. The van der Waals surface area contributed by atoms with Gasteiger partial charge in [0.15, 0.2) is 5.78 Å². The van der Waals surface area contributed by atoms with E-state index in [0.717, 1.165) is 17.0 Å². The molecule has 0 aliphatic carbocycles. The zero-order valence-corrected chi connectivity index (χ0v) is 9.28. The lowest BCUT2D eigenvalue weighted by atomic mass is 10.0. The number of ketones is 1. The standard InChI is InChI=1S/C12H8F2OS/c1-7-9(4-5-16-7)12(15)10-3-2-8(13)6-11(10)14/h2-6H,1H3. The van der Waals surface area contributed by atoms with Gasteiger partial charge in [0.25, 0.3) is 0 Å². The number of carbonyl (C=O) groups is 1. The molecule has 0 spiro atoms. The van der Waals surface area contributed by atoms with E-state index in [1.807, 2.05) is 0 Å². The minimum absolute atomic E-state index is 0.0945. The molecule has 1 heterocycles. The molecule has 16 heavy (non-hydrogen) atoms. The molecule has 2 rings (SSSR count). The molecule has 0 aliphatic rings. The quantitative estimate of drug-likeness (QED) is 0.731. The van der Waals surface area contributed by atoms with Crippen molar-refractivity contribution in [3.8, 4) is 0 Å². The number of benzene rings is 1. The van der Waals surface area contributed by atoms with Crippen molar-refractivity contribution in [1.82, 2.24) is 0 Å². The summed E-state index contributed by atoms with van der Waals surface area (Å²) in [6.45, 7) is 1.79. The Bertz CT molecular complexity index is 546. The van der Waals surface area contributed by atoms with Crippen LogP contribution < -0.4 is 0 Å². The summed E-state index contributed by atoms with van der Waals surface area (Å²) < 4.78 is 26.1. The second kappa shape index (κ2) is 4.14. The summed E-state index contributed by atoms with van der Waals surface area (Å²) in [7, 11) is 0. The summed E-state index contributed by atoms with van der Waals surface area (Å²) in [6, 6.07) is 4.61. The topological polar surface area (TPSA) is 17.1 Å². The zero-order chi connectivity index (χ0) is 11.7. The fourth-order valence-corrected chi connectivity index (χ4v) is 2.14. The smallest absolute Gasteiger partial charge is 0.197 e. The fourth-order valence-electron chi connectivity index (χ4n) is 1.44. The predicted octanol–water partition coefficient (Wildman–Crippen LogP) is 3.57. The van der Waals surface area contributed by atoms with Gasteiger partial charge in [0.1, 0.15) is 11.6 Å². The van der Waals surface area contributed by atoms with Crippen LogP contribution in [-0.4, -0.2) is 5.78 Å². The third-order valence-corrected chi connectivity index (χ3v) is 3.12. The Kier molecular flexibility index (Phi) is 2.83. The van der Waals surface area contributed by atoms with Crippen molar-refractivity contribution in [2.24, 2.45) is 0 Å². The Morgan fingerprint density at radius 1 is 1.19 bits per heavy atom. The largest absolute Gasteiger partial charge is 0.288 e. The van der Waals surface area contributed by atoms with E-state index in [-0.39, 0.29) is 5.56 Å². The average Bonchev–Trinajstić information content (AvgIpc) is 2.63. The van der Waals surface area contributed by atoms with E-state index in [1.165, 1.54) is 17.4 Å². The Morgan fingerprint density at radius 2 is 1.94 bits per heavy atom. The molecule has 82 valence electrons. The van der Waals surface area contributed by atoms with E-state index in [4.69, 9.17) is 0 Å². The van der Waals surface area contributed by atoms with Gasteiger partial charge in [0.2, 0.25) is 0 Å². The average molecular weight is 238 g/mol. The van der Waals surface area contributed by atoms with E-state index >= 15 is 0 Å². The first kappa shape index (κ1) is 11.0. The number of halogens is 2. The second-order valence-corrected chi connectivity index (χ2v) is 4.46. The van der Waals surface area contributed by atoms with Crippen LogP contribution in [-0.2, 0) is 0 Å². The van der Waals surface area contributed by atoms with Crippen molar-refractivity contribution >= 4 is 17.1 Å². The summed E-state index contributed by atoms with van der Waals surface area (Å²) in [5, 5.41) is 1.77. The summed E-state index contributed by atoms with van der Waals surface area (Å²) in [5.74, 6) is -1.91. The molecular weight excluding hydrogens is 230 g/mol. The SMILES string of the molecule is Cc1sccc1C(=O)c1ccc(F)cc1F. The summed E-state index contributed by atoms with van der Waals surface area (Å²) in [6.07, 6.45) is 0. The molecule has 0 saturated heterocycles. The molecule has 1 aromatic heterocycles. The molecule has 0 amide bonds. The highest BCUT2D eigenvalue weighted by atomic mass is 32.1. The number of aryl methyl sites for hydroxylation is 1. The van der Waals surface area contributed by atoms with E-state index in [1.54, 1.807) is 18.4 Å². The molecule has 0 N–H and O–H groups in total. The fraction of sp³-hybridized carbons (Fsp3) is 0.0833. The lowest BCUT2D eigenvalue weighted by Gasteiger charge is -2.01. The number of carbonyl (C=O) groups excluding carboxylic acids is 1. The van der Waals surface area contributed by atoms with Crippen molar-refractivity contribution in [3.05, 3.63) is 57.3 Å². The van der Waals surface area contributed by atoms with Gasteiger partial charge >= 0.3 is 0 Å². The van der Waals surface area contributed by atoms with Crippen LogP contribution in [0.3, 0.4) is 0 Å². The molecule has 1 aromatic carbocycles. The Hall–Kier alpha value is -1.55. The van der Waals surface area contributed by atoms with Gasteiger partial charge in [-0.05, 0) is 30.5 Å². The molecule has 1 nitrogen and oxygen atoms in total. The summed E-state index contributed by atoms with van der Waals surface area (Å²) >= 11 is 1.42. The lowest BCUT2D eigenvalue weighted by Crippen LogP contribution is -2.04. The molecule has 0 saturated carbocycles. The van der Waals surface area contributed by atoms with Gasteiger partial charge in [-0.2, -0.15) is 0 Å². The maximum atomic E-state index is 13.4. The third kappa shape index (κ3) is 1.88. The first-order chi connectivity index (χ1) is 7.59. The van der Waals surface area contributed by atoms with Crippen molar-refractivity contribution < 1.29 is 13.6 Å². The van der Waals surface area contributed by atoms with Crippen molar-refractivity contribution in [3.63, 3.8) is 0 Å². The van der Waals surface area contributed by atoms with Gasteiger partial charge < -0.3 is 0 Å². The predicted molar refractivity (Wildman–Crippen MR) is 58.8 cm³/mol. The lowest BCUT2D eigenvalue weighted by molar-refractivity contribution is 0.103. The van der Waals surface area contributed by atoms with Crippen molar-refractivity contribution in [1.29, 1.82) is 0 Å². The normalized spacial score (nSPS) is 10.4. The van der Waals surface area contributed by atoms with E-state index in [2.05, 4.69) is 0 Å². The van der Waals surface area contributed by atoms with E-state index in [0.29, 0.717) is 5.56 Å². The van der Waals surface area contributed by atoms with Gasteiger partial charge in [-0.25, -0.2) is 8.78 Å². The number of hydrogen-bond donors (Lipinski definition) is 0. The number of hydrogen-bond acceptors (Lipinski definition) is 2. The Balaban J connectivity index is 2.46. The van der Waals surface area contributed by atoms with Crippen LogP contribution in [0.5, 0.6) is 0 Å². The van der Waals surface area contributed by atoms with Crippen LogP contribution in [0, 0.1) is 18.6 Å². The van der Waals surface area contributed by atoms with Crippen LogP contribution >= 0.6 is 11.3 Å². The van der Waals surface area contributed by atoms with Gasteiger partial charge in [0, 0.05) is 16.5 Å². The van der Waals surface area contributed by atoms with Crippen LogP contribution in [0.2, 0.25) is 0 Å². The van der Waals surface area contributed by atoms with Crippen molar-refractivity contribution in [2.45, 2.75) is 6.92 Å². The molecule has 4 heteroatoms. The Labute approximate surface area is 95.4 Å². The molecular formula is C12H8F2OS. The molecule has 0 radical (unpaired) electrons. The first-order valence-electron chi connectivity index (χ1n) is 4.63. The molecule has 0 atom stereocenters. The van der Waals surface area contributed by atoms with Gasteiger partial charge in [-0.3, -0.25) is 4.79 Å². The summed E-state index contributed by atoms with van der Waals surface area (Å²) in [4.78, 5) is 12.7. The van der Waals surface area contributed by atoms with Crippen LogP contribution in [0.1, 0.15) is 20.8 Å². The molecule has 0 unspecified atom stereocenters. The first-order valence-corrected chi connectivity index (χ1v) is 5.51. The van der Waals surface area contributed by atoms with Crippen LogP contribution in [0.4, 0.5) is 8.78 Å². The van der Waals surface area contributed by atoms with E-state index in [9.17, 15) is 13.6 Å². The maximum absolute atomic E-state index is 13.4. The third-order valence-electron chi connectivity index (χ3n) is 2.28. The maximum Gasteiger partial charge on any atom is 0.197 e. The number of thiophene rings is 1. The monoisotopic (exact) mass is 238 g/mol. The highest BCUT2D eigenvalue weighted by Crippen LogP contribution is 2.21. The van der Waals surface area contributed by atoms with Gasteiger partial charge in [-0.15, -0.1) is 11.3 Å². The molecule has 0 aliphatic heterocycles. The van der Waals surface area contributed by atoms with Gasteiger partial charge in [0.05, 0.1) is 5.56 Å². The number of rotatable bonds is 2. The van der Waals surface area contributed by atoms with E-state index < -0.39 is 17.4 Å².